The van der Waals surface area contributed by atoms with Gasteiger partial charge in [-0.25, -0.2) is 18.0 Å². The predicted octanol–water partition coefficient (Wildman–Crippen LogP) is 7.87. The number of ether oxygens (including phenoxy) is 3. The summed E-state index contributed by atoms with van der Waals surface area (Å²) in [5.74, 6) is -1.66. The number of benzene rings is 2. The summed E-state index contributed by atoms with van der Waals surface area (Å²) in [6, 6.07) is 5.95. The lowest BCUT2D eigenvalue weighted by Gasteiger charge is -2.35. The Labute approximate surface area is 335 Å². The van der Waals surface area contributed by atoms with E-state index >= 15 is 8.78 Å². The molecule has 3 unspecified atom stereocenters. The molecule has 0 bridgehead atoms. The second-order valence-corrected chi connectivity index (χ2v) is 18.3. The topological polar surface area (TPSA) is 157 Å². The van der Waals surface area contributed by atoms with Gasteiger partial charge >= 0.3 is 12.1 Å². The Morgan fingerprint density at radius 3 is 2.70 bits per heavy atom. The van der Waals surface area contributed by atoms with E-state index in [0.29, 0.717) is 38.8 Å². The Bertz CT molecular complexity index is 2440. The molecule has 5 heterocycles. The van der Waals surface area contributed by atoms with E-state index in [-0.39, 0.29) is 96.8 Å². The lowest BCUT2D eigenvalue weighted by Crippen LogP contribution is -2.50. The molecule has 5 atom stereocenters. The first-order chi connectivity index (χ1) is 27.1. The number of anilines is 2. The zero-order valence-electron chi connectivity index (χ0n) is 31.4. The fraction of sp³-hybridized carbons (Fsp3) is 0.525. The third kappa shape index (κ3) is 6.45. The second-order valence-electron chi connectivity index (χ2n) is 16.9. The number of carbonyl (C=O) groups excluding carboxylic acids is 1. The van der Waals surface area contributed by atoms with E-state index in [1.165, 1.54) is 6.07 Å². The van der Waals surface area contributed by atoms with Crippen molar-refractivity contribution >= 4 is 60.8 Å². The molecule has 2 aromatic heterocycles. The maximum Gasteiger partial charge on any atom is 0.412 e. The van der Waals surface area contributed by atoms with E-state index in [1.54, 1.807) is 20.8 Å². The Balaban J connectivity index is 1.23. The number of halogens is 4. The van der Waals surface area contributed by atoms with Crippen molar-refractivity contribution in [3.05, 3.63) is 34.4 Å². The van der Waals surface area contributed by atoms with Gasteiger partial charge in [0.05, 0.1) is 49.8 Å². The molecule has 2 aromatic carbocycles. The number of amides is 1. The minimum atomic E-state index is -1.16. The molecule has 298 valence electrons. The highest BCUT2D eigenvalue weighted by atomic mass is 35.5. The summed E-state index contributed by atoms with van der Waals surface area (Å²) >= 11 is 7.97. The number of aliphatic hydroxyl groups is 1. The van der Waals surface area contributed by atoms with Crippen LogP contribution in [-0.4, -0.2) is 87.9 Å². The van der Waals surface area contributed by atoms with Gasteiger partial charge in [0.25, 0.3) is 0 Å². The molecule has 5 aliphatic rings. The van der Waals surface area contributed by atoms with Crippen molar-refractivity contribution in [3.8, 4) is 35.0 Å². The van der Waals surface area contributed by atoms with Gasteiger partial charge < -0.3 is 24.2 Å². The van der Waals surface area contributed by atoms with E-state index in [1.807, 2.05) is 11.0 Å². The van der Waals surface area contributed by atoms with Gasteiger partial charge in [-0.2, -0.15) is 20.5 Å². The minimum absolute atomic E-state index is 0.00483. The van der Waals surface area contributed by atoms with Gasteiger partial charge in [0, 0.05) is 30.5 Å². The molecule has 12 nitrogen and oxygen atoms in total. The average Bonchev–Trinajstić information content (AvgIpc) is 3.98. The van der Waals surface area contributed by atoms with Crippen LogP contribution in [0.2, 0.25) is 5.02 Å². The van der Waals surface area contributed by atoms with Crippen LogP contribution in [0.3, 0.4) is 0 Å². The van der Waals surface area contributed by atoms with Crippen LogP contribution in [0, 0.1) is 46.1 Å². The number of thiophene rings is 1. The van der Waals surface area contributed by atoms with Crippen molar-refractivity contribution in [3.63, 3.8) is 0 Å². The fourth-order valence-corrected chi connectivity index (χ4v) is 10.3. The second kappa shape index (κ2) is 13.5. The van der Waals surface area contributed by atoms with E-state index in [2.05, 4.69) is 21.3 Å². The van der Waals surface area contributed by atoms with E-state index < -0.39 is 46.7 Å². The van der Waals surface area contributed by atoms with Crippen LogP contribution in [-0.2, 0) is 4.74 Å². The standard InChI is InChI=1S/C40H39ClF3N7O5S/c1-38(2,3)56-37(52)49-35-23(14-46)26-22(5-6-24(43)33(26)57-35)27-29(41)32-28-31(30(27)44)47-36(55-18-39-7-4-10-50(39)16-21(42)12-39)48-34(28)51(15-20-11-19(20)13-45)25(17-54-32)40(53)8-9-40/h5-6,19-21,25,53H,4,7-12,15-18H2,1-3H3,(H,49,52)/t19?,20?,21?,25-,39+/m1/s1. The van der Waals surface area contributed by atoms with Gasteiger partial charge in [-0.05, 0) is 77.0 Å². The van der Waals surface area contributed by atoms with Crippen LogP contribution in [0.15, 0.2) is 12.1 Å². The number of nitriles is 2. The lowest BCUT2D eigenvalue weighted by molar-refractivity contribution is 0.0636. The van der Waals surface area contributed by atoms with Crippen LogP contribution in [0.4, 0.5) is 28.8 Å². The summed E-state index contributed by atoms with van der Waals surface area (Å²) in [5, 5.41) is 34.2. The van der Waals surface area contributed by atoms with E-state index in [4.69, 9.17) is 30.8 Å². The van der Waals surface area contributed by atoms with Crippen molar-refractivity contribution in [2.75, 3.05) is 43.1 Å². The first-order valence-corrected chi connectivity index (χ1v) is 20.2. The van der Waals surface area contributed by atoms with Crippen LogP contribution < -0.4 is 19.7 Å². The van der Waals surface area contributed by atoms with Crippen molar-refractivity contribution in [2.24, 2.45) is 11.8 Å². The van der Waals surface area contributed by atoms with Gasteiger partial charge in [-0.3, -0.25) is 10.2 Å². The largest absolute Gasteiger partial charge is 0.489 e. The molecular weight excluding hydrogens is 783 g/mol. The van der Waals surface area contributed by atoms with Crippen molar-refractivity contribution in [2.45, 2.75) is 88.3 Å². The molecule has 4 aromatic rings. The zero-order valence-corrected chi connectivity index (χ0v) is 33.0. The number of rotatable bonds is 8. The molecule has 9 rings (SSSR count). The molecule has 2 saturated carbocycles. The van der Waals surface area contributed by atoms with Crippen LogP contribution in [0.1, 0.15) is 64.9 Å². The molecule has 17 heteroatoms. The summed E-state index contributed by atoms with van der Waals surface area (Å²) in [6.07, 6.45) is 1.61. The van der Waals surface area contributed by atoms with Gasteiger partial charge in [0.15, 0.2) is 11.6 Å². The van der Waals surface area contributed by atoms with E-state index in [9.17, 15) is 24.8 Å². The Hall–Kier alpha value is -4.61. The quantitative estimate of drug-likeness (QED) is 0.178. The highest BCUT2D eigenvalue weighted by Crippen LogP contribution is 2.54. The molecule has 4 fully saturated rings. The summed E-state index contributed by atoms with van der Waals surface area (Å²) in [6.45, 7) is 6.34. The maximum atomic E-state index is 17.7. The van der Waals surface area contributed by atoms with Gasteiger partial charge in [-0.1, -0.05) is 17.7 Å². The molecule has 3 aliphatic heterocycles. The molecule has 0 spiro atoms. The Kier molecular flexibility index (Phi) is 8.97. The number of carbonyl (C=O) groups is 1. The van der Waals surface area contributed by atoms with Gasteiger partial charge in [0.1, 0.15) is 53.2 Å². The third-order valence-electron chi connectivity index (χ3n) is 11.9. The summed E-state index contributed by atoms with van der Waals surface area (Å²) in [7, 11) is 0. The third-order valence-corrected chi connectivity index (χ3v) is 13.4. The first kappa shape index (κ1) is 37.9. The Morgan fingerprint density at radius 1 is 1.21 bits per heavy atom. The highest BCUT2D eigenvalue weighted by molar-refractivity contribution is 7.23. The van der Waals surface area contributed by atoms with Crippen molar-refractivity contribution in [1.82, 2.24) is 14.9 Å². The number of alkyl halides is 1. The molecule has 1 amide bonds. The number of aromatic nitrogens is 2. The summed E-state index contributed by atoms with van der Waals surface area (Å²) < 4.78 is 66.1. The first-order valence-electron chi connectivity index (χ1n) is 19.0. The van der Waals surface area contributed by atoms with Crippen molar-refractivity contribution in [1.29, 1.82) is 10.5 Å². The molecule has 0 radical (unpaired) electrons. The molecule has 2 aliphatic carbocycles. The summed E-state index contributed by atoms with van der Waals surface area (Å²) in [4.78, 5) is 26.2. The van der Waals surface area contributed by atoms with Crippen LogP contribution in [0.5, 0.6) is 11.8 Å². The van der Waals surface area contributed by atoms with Gasteiger partial charge in [-0.15, -0.1) is 11.3 Å². The number of fused-ring (bicyclic) bond motifs is 2. The SMILES string of the molecule is CC(C)(C)OC(=O)Nc1sc2c(F)ccc(-c3c(Cl)c4c5c(nc(OC[C@@]67CCCN6CC(F)C7)nc5c3F)N(CC3CC3C#N)[C@@H](C3(O)CC3)CO4)c2c1C#N. The number of nitrogens with one attached hydrogen (secondary N) is 1. The molecule has 2 saturated heterocycles. The average molecular weight is 822 g/mol. The fourth-order valence-electron chi connectivity index (χ4n) is 8.88. The maximum absolute atomic E-state index is 17.7. The number of nitrogens with zero attached hydrogens (tertiary/aromatic N) is 6. The smallest absolute Gasteiger partial charge is 0.412 e. The molecule has 2 N–H and O–H groups in total. The predicted molar refractivity (Wildman–Crippen MR) is 206 cm³/mol. The lowest BCUT2D eigenvalue weighted by atomic mass is 9.95. The van der Waals surface area contributed by atoms with Crippen LogP contribution >= 0.6 is 22.9 Å². The minimum Gasteiger partial charge on any atom is -0.489 e. The molecular formula is C40H39ClF3N7O5S. The zero-order chi connectivity index (χ0) is 40.2. The number of hydrogen-bond acceptors (Lipinski definition) is 12. The van der Waals surface area contributed by atoms with Gasteiger partial charge in [0.2, 0.25) is 0 Å². The monoisotopic (exact) mass is 821 g/mol. The summed E-state index contributed by atoms with van der Waals surface area (Å²) in [5.41, 5.74) is -3.16. The Morgan fingerprint density at radius 2 is 2.00 bits per heavy atom. The normalized spacial score (nSPS) is 26.0. The number of hydrogen-bond donors (Lipinski definition) is 2. The van der Waals surface area contributed by atoms with Crippen LogP contribution in [0.25, 0.3) is 32.1 Å². The highest BCUT2D eigenvalue weighted by Gasteiger charge is 2.54. The molecule has 57 heavy (non-hydrogen) atoms. The van der Waals surface area contributed by atoms with E-state index in [0.717, 1.165) is 30.4 Å². The van der Waals surface area contributed by atoms with Crippen molar-refractivity contribution < 1.29 is 37.3 Å².